The number of rotatable bonds is 15. The van der Waals surface area contributed by atoms with Gasteiger partial charge >= 0.3 is 0 Å². The quantitative estimate of drug-likeness (QED) is 0.277. The van der Waals surface area contributed by atoms with Crippen LogP contribution in [0, 0.1) is 0 Å². The Bertz CT molecular complexity index is 765. The Morgan fingerprint density at radius 2 is 1.97 bits per heavy atom. The predicted octanol–water partition coefficient (Wildman–Crippen LogP) is 6.27. The van der Waals surface area contributed by atoms with Gasteiger partial charge in [-0.15, -0.1) is 0 Å². The van der Waals surface area contributed by atoms with Gasteiger partial charge in [-0.25, -0.2) is 0 Å². The molecule has 1 aromatic carbocycles. The monoisotopic (exact) mass is 412 g/mol. The molecule has 4 nitrogen and oxygen atoms in total. The van der Waals surface area contributed by atoms with Gasteiger partial charge in [0.15, 0.2) is 0 Å². The van der Waals surface area contributed by atoms with Gasteiger partial charge in [0, 0.05) is 44.2 Å². The molecule has 1 amide bonds. The fraction of sp³-hybridized carbons (Fsp3) is 0.577. The minimum Gasteiger partial charge on any atom is -0.381 e. The van der Waals surface area contributed by atoms with E-state index in [1.54, 1.807) is 7.11 Å². The molecular weight excluding hydrogens is 372 g/mol. The molecule has 0 aliphatic carbocycles. The molecule has 2 rings (SSSR count). The molecule has 4 heteroatoms. The zero-order valence-electron chi connectivity index (χ0n) is 19.2. The van der Waals surface area contributed by atoms with Crippen LogP contribution in [0.3, 0.4) is 0 Å². The lowest BCUT2D eigenvalue weighted by molar-refractivity contribution is -0.129. The first kappa shape index (κ1) is 24.2. The van der Waals surface area contributed by atoms with Gasteiger partial charge in [0.1, 0.15) is 0 Å². The summed E-state index contributed by atoms with van der Waals surface area (Å²) in [5.74, 6) is 0.207. The molecule has 0 bridgehead atoms. The number of benzene rings is 1. The summed E-state index contributed by atoms with van der Waals surface area (Å²) in [5.41, 5.74) is 2.42. The topological polar surface area (TPSA) is 45.3 Å². The summed E-state index contributed by atoms with van der Waals surface area (Å²) in [5, 5.41) is 1.25. The molecule has 1 heterocycles. The standard InChI is InChI=1S/C26H40N2O2/c1-4-5-6-7-9-14-23(30-3)15-10-8-11-18-26(29)28(2)20-19-22-21-27-25-17-13-12-16-24(22)25/h8,10,12-13,16-17,21,23,27H,4-7,9,11,14-15,18-20H2,1-3H3/b10-8+/t23-/m0/s1. The molecule has 0 aliphatic heterocycles. The van der Waals surface area contributed by atoms with E-state index in [0.717, 1.165) is 37.7 Å². The first-order valence-corrected chi connectivity index (χ1v) is 11.6. The van der Waals surface area contributed by atoms with Gasteiger partial charge in [0.05, 0.1) is 6.10 Å². The van der Waals surface area contributed by atoms with E-state index in [0.29, 0.717) is 12.5 Å². The molecule has 1 atom stereocenters. The van der Waals surface area contributed by atoms with Crippen LogP contribution in [0.4, 0.5) is 0 Å². The highest BCUT2D eigenvalue weighted by Gasteiger charge is 2.10. The molecule has 0 aliphatic rings. The van der Waals surface area contributed by atoms with Crippen molar-refractivity contribution < 1.29 is 9.53 Å². The second kappa shape index (κ2) is 14.0. The Morgan fingerprint density at radius 3 is 2.77 bits per heavy atom. The van der Waals surface area contributed by atoms with Crippen LogP contribution in [-0.2, 0) is 16.0 Å². The molecule has 1 aromatic heterocycles. The highest BCUT2D eigenvalue weighted by molar-refractivity contribution is 5.83. The van der Waals surface area contributed by atoms with Crippen LogP contribution >= 0.6 is 0 Å². The molecular formula is C26H40N2O2. The normalized spacial score (nSPS) is 12.6. The number of aromatic amines is 1. The number of aromatic nitrogens is 1. The highest BCUT2D eigenvalue weighted by Crippen LogP contribution is 2.18. The molecule has 166 valence electrons. The molecule has 0 spiro atoms. The molecule has 0 saturated heterocycles. The second-order valence-corrected chi connectivity index (χ2v) is 8.23. The third kappa shape index (κ3) is 8.35. The van der Waals surface area contributed by atoms with E-state index in [2.05, 4.69) is 48.5 Å². The Morgan fingerprint density at radius 1 is 1.17 bits per heavy atom. The predicted molar refractivity (Wildman–Crippen MR) is 127 cm³/mol. The molecule has 2 aromatic rings. The van der Waals surface area contributed by atoms with Crippen LogP contribution in [0.25, 0.3) is 10.9 Å². The Labute approximate surface area is 182 Å². The van der Waals surface area contributed by atoms with Crippen molar-refractivity contribution >= 4 is 16.8 Å². The van der Waals surface area contributed by atoms with Crippen LogP contribution in [0.5, 0.6) is 0 Å². The van der Waals surface area contributed by atoms with Gasteiger partial charge in [0.25, 0.3) is 0 Å². The average molecular weight is 413 g/mol. The molecule has 0 saturated carbocycles. The van der Waals surface area contributed by atoms with Crippen molar-refractivity contribution in [2.24, 2.45) is 0 Å². The van der Waals surface area contributed by atoms with Gasteiger partial charge in [-0.2, -0.15) is 0 Å². The van der Waals surface area contributed by atoms with E-state index < -0.39 is 0 Å². The molecule has 1 N–H and O–H groups in total. The van der Waals surface area contributed by atoms with Gasteiger partial charge in [-0.3, -0.25) is 4.79 Å². The number of allylic oxidation sites excluding steroid dienone is 1. The number of methoxy groups -OCH3 is 1. The number of unbranched alkanes of at least 4 members (excludes halogenated alkanes) is 4. The van der Waals surface area contributed by atoms with E-state index in [-0.39, 0.29) is 5.91 Å². The van der Waals surface area contributed by atoms with Crippen molar-refractivity contribution in [2.75, 3.05) is 20.7 Å². The first-order chi connectivity index (χ1) is 14.7. The Kier molecular flexibility index (Phi) is 11.3. The number of hydrogen-bond donors (Lipinski definition) is 1. The number of fused-ring (bicyclic) bond motifs is 1. The Balaban J connectivity index is 1.62. The van der Waals surface area contributed by atoms with Crippen LogP contribution in [-0.4, -0.2) is 42.6 Å². The number of hydrogen-bond acceptors (Lipinski definition) is 2. The number of amides is 1. The van der Waals surface area contributed by atoms with Crippen molar-refractivity contribution in [3.63, 3.8) is 0 Å². The van der Waals surface area contributed by atoms with Crippen molar-refractivity contribution in [1.29, 1.82) is 0 Å². The molecule has 0 fully saturated rings. The van der Waals surface area contributed by atoms with E-state index >= 15 is 0 Å². The SMILES string of the molecule is CCCCCCC[C@@H](C/C=C/CCC(=O)N(C)CCc1c[nH]c2ccccc12)OC. The van der Waals surface area contributed by atoms with Crippen molar-refractivity contribution in [2.45, 2.75) is 77.2 Å². The minimum atomic E-state index is 0.207. The summed E-state index contributed by atoms with van der Waals surface area (Å²) in [7, 11) is 3.71. The summed E-state index contributed by atoms with van der Waals surface area (Å²) in [6, 6.07) is 8.31. The number of carbonyl (C=O) groups is 1. The van der Waals surface area contributed by atoms with Gasteiger partial charge in [-0.1, -0.05) is 69.4 Å². The third-order valence-electron chi connectivity index (χ3n) is 5.87. The second-order valence-electron chi connectivity index (χ2n) is 8.23. The third-order valence-corrected chi connectivity index (χ3v) is 5.87. The van der Waals surface area contributed by atoms with Crippen molar-refractivity contribution in [1.82, 2.24) is 9.88 Å². The van der Waals surface area contributed by atoms with Crippen molar-refractivity contribution in [3.8, 4) is 0 Å². The number of para-hydroxylation sites is 1. The van der Waals surface area contributed by atoms with Crippen LogP contribution in [0.15, 0.2) is 42.6 Å². The number of ether oxygens (including phenoxy) is 1. The summed E-state index contributed by atoms with van der Waals surface area (Å²) in [4.78, 5) is 17.6. The lowest BCUT2D eigenvalue weighted by Gasteiger charge is -2.16. The zero-order chi connectivity index (χ0) is 21.6. The van der Waals surface area contributed by atoms with E-state index in [9.17, 15) is 4.79 Å². The number of likely N-dealkylation sites (N-methyl/N-ethyl adjacent to an activating group) is 1. The van der Waals surface area contributed by atoms with E-state index in [1.165, 1.54) is 43.1 Å². The maximum Gasteiger partial charge on any atom is 0.222 e. The maximum absolute atomic E-state index is 12.4. The number of H-pyrrole nitrogens is 1. The number of nitrogens with one attached hydrogen (secondary N) is 1. The molecule has 0 radical (unpaired) electrons. The summed E-state index contributed by atoms with van der Waals surface area (Å²) < 4.78 is 5.59. The zero-order valence-corrected chi connectivity index (χ0v) is 19.2. The van der Waals surface area contributed by atoms with Crippen LogP contribution < -0.4 is 0 Å². The van der Waals surface area contributed by atoms with Gasteiger partial charge in [-0.05, 0) is 37.3 Å². The average Bonchev–Trinajstić information content (AvgIpc) is 3.18. The van der Waals surface area contributed by atoms with E-state index in [4.69, 9.17) is 4.74 Å². The first-order valence-electron chi connectivity index (χ1n) is 11.6. The minimum absolute atomic E-state index is 0.207. The smallest absolute Gasteiger partial charge is 0.222 e. The van der Waals surface area contributed by atoms with Gasteiger partial charge < -0.3 is 14.6 Å². The largest absolute Gasteiger partial charge is 0.381 e. The lowest BCUT2D eigenvalue weighted by atomic mass is 10.1. The fourth-order valence-electron chi connectivity index (χ4n) is 3.82. The maximum atomic E-state index is 12.4. The summed E-state index contributed by atoms with van der Waals surface area (Å²) in [6.45, 7) is 2.99. The fourth-order valence-corrected chi connectivity index (χ4v) is 3.82. The summed E-state index contributed by atoms with van der Waals surface area (Å²) in [6.07, 6.45) is 17.5. The lowest BCUT2D eigenvalue weighted by Crippen LogP contribution is -2.28. The number of nitrogens with zero attached hydrogens (tertiary/aromatic N) is 1. The van der Waals surface area contributed by atoms with Crippen molar-refractivity contribution in [3.05, 3.63) is 48.2 Å². The molecule has 0 unspecified atom stereocenters. The summed E-state index contributed by atoms with van der Waals surface area (Å²) >= 11 is 0. The van der Waals surface area contributed by atoms with Crippen LogP contribution in [0.1, 0.15) is 70.3 Å². The van der Waals surface area contributed by atoms with Crippen LogP contribution in [0.2, 0.25) is 0 Å². The highest BCUT2D eigenvalue weighted by atomic mass is 16.5. The van der Waals surface area contributed by atoms with Gasteiger partial charge in [0.2, 0.25) is 5.91 Å². The van der Waals surface area contributed by atoms with E-state index in [1.807, 2.05) is 18.0 Å². The number of carbonyl (C=O) groups excluding carboxylic acids is 1. The molecule has 30 heavy (non-hydrogen) atoms. The Hall–Kier alpha value is -2.07.